The van der Waals surface area contributed by atoms with E-state index in [-0.39, 0.29) is 23.9 Å². The SMILES string of the molecule is O=C(NCC(=O)C(F)(F)F)NCC1CC(c2c(-c3ccc(F)cc3)[nH]c3c(F)cc(F)cc23)C1. The summed E-state index contributed by atoms with van der Waals surface area (Å²) in [7, 11) is 0. The van der Waals surface area contributed by atoms with Gasteiger partial charge >= 0.3 is 12.2 Å². The van der Waals surface area contributed by atoms with E-state index in [0.29, 0.717) is 35.0 Å². The van der Waals surface area contributed by atoms with E-state index in [2.05, 4.69) is 10.3 Å². The quantitative estimate of drug-likeness (QED) is 0.423. The number of benzene rings is 2. The van der Waals surface area contributed by atoms with Gasteiger partial charge in [-0.25, -0.2) is 18.0 Å². The van der Waals surface area contributed by atoms with Crippen LogP contribution in [0.2, 0.25) is 0 Å². The Labute approximate surface area is 189 Å². The number of hydrogen-bond donors (Lipinski definition) is 3. The van der Waals surface area contributed by atoms with Crippen LogP contribution in [0.15, 0.2) is 36.4 Å². The van der Waals surface area contributed by atoms with Crippen molar-refractivity contribution >= 4 is 22.7 Å². The number of nitrogens with one attached hydrogen (secondary N) is 3. The highest BCUT2D eigenvalue weighted by atomic mass is 19.4. The van der Waals surface area contributed by atoms with Crippen molar-refractivity contribution in [1.29, 1.82) is 0 Å². The van der Waals surface area contributed by atoms with Crippen LogP contribution in [0.5, 0.6) is 0 Å². The minimum Gasteiger partial charge on any atom is -0.352 e. The maximum Gasteiger partial charge on any atom is 0.451 e. The van der Waals surface area contributed by atoms with Crippen molar-refractivity contribution in [3.63, 3.8) is 0 Å². The summed E-state index contributed by atoms with van der Waals surface area (Å²) in [6.07, 6.45) is -3.93. The smallest absolute Gasteiger partial charge is 0.352 e. The van der Waals surface area contributed by atoms with Crippen LogP contribution in [-0.2, 0) is 4.79 Å². The van der Waals surface area contributed by atoms with E-state index < -0.39 is 42.0 Å². The molecule has 5 nitrogen and oxygen atoms in total. The van der Waals surface area contributed by atoms with E-state index in [9.17, 15) is 35.9 Å². The van der Waals surface area contributed by atoms with E-state index in [1.807, 2.05) is 5.32 Å². The number of aromatic amines is 1. The number of amides is 2. The molecule has 34 heavy (non-hydrogen) atoms. The molecule has 1 aliphatic carbocycles. The Bertz CT molecular complexity index is 1230. The van der Waals surface area contributed by atoms with Gasteiger partial charge in [0.15, 0.2) is 0 Å². The lowest BCUT2D eigenvalue weighted by Gasteiger charge is -2.36. The first-order chi connectivity index (χ1) is 16.0. The Kier molecular flexibility index (Phi) is 6.28. The molecule has 1 aliphatic rings. The fraction of sp³-hybridized carbons (Fsp3) is 0.304. The van der Waals surface area contributed by atoms with Crippen molar-refractivity contribution < 1.29 is 35.9 Å². The second-order valence-electron chi connectivity index (χ2n) is 8.25. The summed E-state index contributed by atoms with van der Waals surface area (Å²) < 4.78 is 78.4. The number of hydrogen-bond acceptors (Lipinski definition) is 2. The number of rotatable bonds is 6. The summed E-state index contributed by atoms with van der Waals surface area (Å²) in [6.45, 7) is -1.00. The molecular formula is C23H19F6N3O2. The van der Waals surface area contributed by atoms with Crippen LogP contribution in [0.25, 0.3) is 22.2 Å². The van der Waals surface area contributed by atoms with Crippen molar-refractivity contribution in [2.24, 2.45) is 5.92 Å². The van der Waals surface area contributed by atoms with Gasteiger partial charge in [0.1, 0.15) is 17.5 Å². The highest BCUT2D eigenvalue weighted by Crippen LogP contribution is 2.48. The van der Waals surface area contributed by atoms with Gasteiger partial charge < -0.3 is 15.6 Å². The third-order valence-electron chi connectivity index (χ3n) is 5.92. The van der Waals surface area contributed by atoms with E-state index >= 15 is 0 Å². The Morgan fingerprint density at radius 3 is 2.29 bits per heavy atom. The summed E-state index contributed by atoms with van der Waals surface area (Å²) in [5, 5.41) is 4.66. The molecule has 180 valence electrons. The maximum absolute atomic E-state index is 14.4. The molecule has 1 saturated carbocycles. The van der Waals surface area contributed by atoms with Crippen molar-refractivity contribution in [3.8, 4) is 11.3 Å². The highest BCUT2D eigenvalue weighted by Gasteiger charge is 2.38. The molecule has 4 rings (SSSR count). The molecular weight excluding hydrogens is 464 g/mol. The second kappa shape index (κ2) is 9.03. The monoisotopic (exact) mass is 483 g/mol. The Balaban J connectivity index is 1.45. The van der Waals surface area contributed by atoms with Crippen molar-refractivity contribution in [2.45, 2.75) is 24.9 Å². The van der Waals surface area contributed by atoms with Crippen LogP contribution < -0.4 is 10.6 Å². The first kappa shape index (κ1) is 23.7. The van der Waals surface area contributed by atoms with Crippen LogP contribution in [0.3, 0.4) is 0 Å². The third kappa shape index (κ3) is 4.87. The van der Waals surface area contributed by atoms with Gasteiger partial charge in [-0.1, -0.05) is 0 Å². The second-order valence-corrected chi connectivity index (χ2v) is 8.25. The molecule has 1 aromatic heterocycles. The van der Waals surface area contributed by atoms with Crippen LogP contribution in [0.4, 0.5) is 31.1 Å². The number of Topliss-reactive ketones (excluding diaryl/α,β-unsaturated/α-hetero) is 1. The Morgan fingerprint density at radius 2 is 1.65 bits per heavy atom. The average Bonchev–Trinajstić information content (AvgIpc) is 3.10. The lowest BCUT2D eigenvalue weighted by Crippen LogP contribution is -2.44. The van der Waals surface area contributed by atoms with Gasteiger partial charge in [-0.15, -0.1) is 0 Å². The topological polar surface area (TPSA) is 74.0 Å². The van der Waals surface area contributed by atoms with Gasteiger partial charge in [-0.05, 0) is 66.1 Å². The van der Waals surface area contributed by atoms with Crippen LogP contribution in [0, 0.1) is 23.4 Å². The zero-order valence-electron chi connectivity index (χ0n) is 17.5. The molecule has 0 saturated heterocycles. The van der Waals surface area contributed by atoms with Crippen molar-refractivity contribution in [2.75, 3.05) is 13.1 Å². The molecule has 1 fully saturated rings. The fourth-order valence-electron chi connectivity index (χ4n) is 4.21. The number of carbonyl (C=O) groups is 2. The van der Waals surface area contributed by atoms with Gasteiger partial charge in [0, 0.05) is 18.0 Å². The van der Waals surface area contributed by atoms with Crippen LogP contribution in [-0.4, -0.2) is 36.1 Å². The van der Waals surface area contributed by atoms with Gasteiger partial charge in [0.05, 0.1) is 17.8 Å². The molecule has 11 heteroatoms. The number of aromatic nitrogens is 1. The number of ketones is 1. The number of H-pyrrole nitrogens is 1. The van der Waals surface area contributed by atoms with Crippen molar-refractivity contribution in [3.05, 3.63) is 59.4 Å². The summed E-state index contributed by atoms with van der Waals surface area (Å²) >= 11 is 0. The zero-order valence-corrected chi connectivity index (χ0v) is 17.5. The molecule has 0 spiro atoms. The summed E-state index contributed by atoms with van der Waals surface area (Å²) in [5.74, 6) is -4.14. The molecule has 2 aromatic carbocycles. The molecule has 0 atom stereocenters. The van der Waals surface area contributed by atoms with E-state index in [1.54, 1.807) is 0 Å². The first-order valence-electron chi connectivity index (χ1n) is 10.4. The fourth-order valence-corrected chi connectivity index (χ4v) is 4.21. The summed E-state index contributed by atoms with van der Waals surface area (Å²) in [4.78, 5) is 25.5. The molecule has 0 aliphatic heterocycles. The van der Waals surface area contributed by atoms with Gasteiger partial charge in [-0.3, -0.25) is 4.79 Å². The number of halogens is 6. The Hall–Kier alpha value is -3.50. The molecule has 0 bridgehead atoms. The first-order valence-corrected chi connectivity index (χ1v) is 10.4. The minimum absolute atomic E-state index is 0.0292. The Morgan fingerprint density at radius 1 is 0.971 bits per heavy atom. The molecule has 1 heterocycles. The number of alkyl halides is 3. The predicted molar refractivity (Wildman–Crippen MR) is 112 cm³/mol. The third-order valence-corrected chi connectivity index (χ3v) is 5.92. The van der Waals surface area contributed by atoms with Gasteiger partial charge in [0.2, 0.25) is 0 Å². The van der Waals surface area contributed by atoms with Crippen molar-refractivity contribution in [1.82, 2.24) is 15.6 Å². The number of carbonyl (C=O) groups excluding carboxylic acids is 2. The van der Waals surface area contributed by atoms with Crippen LogP contribution >= 0.6 is 0 Å². The van der Waals surface area contributed by atoms with Gasteiger partial charge in [-0.2, -0.15) is 13.2 Å². The number of urea groups is 1. The molecule has 0 unspecified atom stereocenters. The molecule has 2 amide bonds. The van der Waals surface area contributed by atoms with Crippen LogP contribution in [0.1, 0.15) is 24.3 Å². The predicted octanol–water partition coefficient (Wildman–Crippen LogP) is 5.18. The lowest BCUT2D eigenvalue weighted by atomic mass is 9.70. The summed E-state index contributed by atoms with van der Waals surface area (Å²) in [5.41, 5.74) is 1.95. The summed E-state index contributed by atoms with van der Waals surface area (Å²) in [6, 6.07) is 6.68. The van der Waals surface area contributed by atoms with E-state index in [1.165, 1.54) is 30.3 Å². The lowest BCUT2D eigenvalue weighted by molar-refractivity contribution is -0.169. The van der Waals surface area contributed by atoms with E-state index in [0.717, 1.165) is 6.07 Å². The van der Waals surface area contributed by atoms with Gasteiger partial charge in [0.25, 0.3) is 5.78 Å². The highest BCUT2D eigenvalue weighted by molar-refractivity contribution is 5.92. The number of fused-ring (bicyclic) bond motifs is 1. The minimum atomic E-state index is -5.02. The molecule has 3 N–H and O–H groups in total. The van der Waals surface area contributed by atoms with E-state index in [4.69, 9.17) is 0 Å². The largest absolute Gasteiger partial charge is 0.451 e. The average molecular weight is 483 g/mol. The molecule has 3 aromatic rings. The zero-order chi connectivity index (χ0) is 24.6. The standard InChI is InChI=1S/C23H19F6N3O2/c24-14-3-1-12(2-4-14)20-19(16-7-15(25)8-17(26)21(16)32-20)13-5-11(6-13)9-30-22(34)31-10-18(33)23(27,28)29/h1-4,7-8,11,13,32H,5-6,9-10H2,(H2,30,31,34). The molecule has 0 radical (unpaired) electrons. The maximum atomic E-state index is 14.4. The normalized spacial score (nSPS) is 17.9.